The van der Waals surface area contributed by atoms with E-state index in [9.17, 15) is 9.90 Å². The van der Waals surface area contributed by atoms with E-state index in [2.05, 4.69) is 109 Å². The summed E-state index contributed by atoms with van der Waals surface area (Å²) in [5, 5.41) is 13.6. The fourth-order valence-corrected chi connectivity index (χ4v) is 7.32. The van der Waals surface area contributed by atoms with Crippen LogP contribution in [0.3, 0.4) is 0 Å². The molecule has 6 aromatic rings. The average molecular weight is 947 g/mol. The summed E-state index contributed by atoms with van der Waals surface area (Å²) in [6.45, 7) is 29.6. The number of furan rings is 2. The van der Waals surface area contributed by atoms with Crippen LogP contribution < -0.4 is 0 Å². The van der Waals surface area contributed by atoms with Crippen molar-refractivity contribution in [3.8, 4) is 22.4 Å². The van der Waals surface area contributed by atoms with Crippen LogP contribution in [0.1, 0.15) is 130 Å². The summed E-state index contributed by atoms with van der Waals surface area (Å²) >= 11 is 0. The molecule has 0 aliphatic carbocycles. The van der Waals surface area contributed by atoms with Crippen LogP contribution in [-0.4, -0.2) is 15.9 Å². The molecule has 0 atom stereocenters. The van der Waals surface area contributed by atoms with Gasteiger partial charge in [-0.3, -0.25) is 9.78 Å². The van der Waals surface area contributed by atoms with E-state index in [1.807, 2.05) is 48.5 Å². The van der Waals surface area contributed by atoms with E-state index in [0.29, 0.717) is 5.92 Å². The number of aryl methyl sites for hydroxylation is 3. The van der Waals surface area contributed by atoms with Crippen molar-refractivity contribution in [2.45, 2.75) is 134 Å². The molecule has 0 fully saturated rings. The first-order valence-electron chi connectivity index (χ1n) is 20.6. The predicted molar refractivity (Wildman–Crippen MR) is 236 cm³/mol. The number of carbonyl (C=O) groups excluding carboxylic acids is 1. The third-order valence-corrected chi connectivity index (χ3v) is 12.5. The standard InChI is InChI=1S/C36H36NO2.C15H28O2.Ir/c1-20(2)15-33-22(4)28-17-25(13-14-32(28)39-33)29-19-31(37-34-21(3)23(5)38-35(29)34)26-16-24-11-9-10-12-27(24)30(18-26)36(6,7)8;1-7-14(5,8-2)12(16)11-13(17)15(6,9-3)10-4;/h9-14,17-20H,15H2,1-8H3;11,16H,7-10H2,1-6H3;/q-1;;/b;12-11-;. The molecule has 0 aliphatic rings. The van der Waals surface area contributed by atoms with Crippen LogP contribution in [0.2, 0.25) is 0 Å². The summed E-state index contributed by atoms with van der Waals surface area (Å²) < 4.78 is 12.6. The number of hydrogen-bond acceptors (Lipinski definition) is 5. The molecule has 0 spiro atoms. The number of nitrogens with zero attached hydrogens (tertiary/aromatic N) is 1. The van der Waals surface area contributed by atoms with Gasteiger partial charge in [-0.15, -0.1) is 29.1 Å². The Kier molecular flexibility index (Phi) is 14.3. The molecular formula is C51H64IrNO4-. The third-order valence-electron chi connectivity index (χ3n) is 12.5. The number of fused-ring (bicyclic) bond motifs is 3. The van der Waals surface area contributed by atoms with Crippen LogP contribution in [0.15, 0.2) is 75.3 Å². The molecule has 3 aromatic carbocycles. The average Bonchev–Trinajstić information content (AvgIpc) is 3.65. The minimum atomic E-state index is -0.337. The van der Waals surface area contributed by atoms with Gasteiger partial charge in [-0.1, -0.05) is 117 Å². The summed E-state index contributed by atoms with van der Waals surface area (Å²) in [5.74, 6) is 2.79. The summed E-state index contributed by atoms with van der Waals surface area (Å²) in [6, 6.07) is 23.1. The molecule has 3 aromatic heterocycles. The van der Waals surface area contributed by atoms with Gasteiger partial charge in [-0.25, -0.2) is 0 Å². The molecule has 0 aliphatic heterocycles. The van der Waals surface area contributed by atoms with E-state index in [-0.39, 0.29) is 47.9 Å². The van der Waals surface area contributed by atoms with Gasteiger partial charge in [0.25, 0.3) is 0 Å². The van der Waals surface area contributed by atoms with Gasteiger partial charge >= 0.3 is 0 Å². The zero-order chi connectivity index (χ0) is 41.3. The number of ketones is 1. The van der Waals surface area contributed by atoms with Gasteiger partial charge in [0.05, 0.1) is 0 Å². The van der Waals surface area contributed by atoms with Gasteiger partial charge in [-0.2, -0.15) is 0 Å². The number of carbonyl (C=O) groups is 1. The molecule has 1 radical (unpaired) electrons. The SMILES string of the molecule is CCC(C)(CC)C(=O)/C=C(\O)C(C)(CC)CC.Cc1oc2c(-c3ccc4oc(CC(C)C)c(C)c4c3)cc(-c3[c-]c4ccccc4c(C(C)(C)C)c3)nc2c1C.[Ir]. The monoisotopic (exact) mass is 947 g/mol. The number of aliphatic hydroxyl groups excluding tert-OH is 1. The van der Waals surface area contributed by atoms with Crippen molar-refractivity contribution < 1.29 is 38.8 Å². The van der Waals surface area contributed by atoms with Crippen LogP contribution in [0.5, 0.6) is 0 Å². The van der Waals surface area contributed by atoms with Gasteiger partial charge in [0.15, 0.2) is 11.4 Å². The van der Waals surface area contributed by atoms with E-state index >= 15 is 0 Å². The second-order valence-corrected chi connectivity index (χ2v) is 17.8. The van der Waals surface area contributed by atoms with Gasteiger partial charge < -0.3 is 13.9 Å². The number of pyridine rings is 1. The van der Waals surface area contributed by atoms with Crippen molar-refractivity contribution in [2.75, 3.05) is 0 Å². The Balaban J connectivity index is 0.000000341. The summed E-state index contributed by atoms with van der Waals surface area (Å²) in [7, 11) is 0. The number of rotatable bonds is 11. The number of benzene rings is 3. The van der Waals surface area contributed by atoms with Crippen molar-refractivity contribution in [3.05, 3.63) is 101 Å². The Morgan fingerprint density at radius 1 is 0.825 bits per heavy atom. The number of hydrogen-bond donors (Lipinski definition) is 1. The van der Waals surface area contributed by atoms with E-state index < -0.39 is 0 Å². The Morgan fingerprint density at radius 3 is 2.05 bits per heavy atom. The molecule has 307 valence electrons. The van der Waals surface area contributed by atoms with Crippen molar-refractivity contribution in [1.29, 1.82) is 0 Å². The quantitative estimate of drug-likeness (QED) is 0.0795. The number of allylic oxidation sites excluding steroid dienone is 2. The molecule has 0 bridgehead atoms. The van der Waals surface area contributed by atoms with Crippen molar-refractivity contribution in [3.63, 3.8) is 0 Å². The Morgan fingerprint density at radius 2 is 1.46 bits per heavy atom. The van der Waals surface area contributed by atoms with Gasteiger partial charge in [0.2, 0.25) is 0 Å². The Hall–Kier alpha value is -3.99. The summed E-state index contributed by atoms with van der Waals surface area (Å²) in [6.07, 6.45) is 5.69. The zero-order valence-electron chi connectivity index (χ0n) is 36.8. The van der Waals surface area contributed by atoms with Gasteiger partial charge in [-0.05, 0) is 81.0 Å². The molecule has 0 saturated heterocycles. The van der Waals surface area contributed by atoms with Crippen molar-refractivity contribution in [2.24, 2.45) is 16.7 Å². The predicted octanol–water partition coefficient (Wildman–Crippen LogP) is 14.9. The van der Waals surface area contributed by atoms with Crippen LogP contribution in [-0.2, 0) is 36.7 Å². The molecule has 57 heavy (non-hydrogen) atoms. The zero-order valence-corrected chi connectivity index (χ0v) is 39.2. The normalized spacial score (nSPS) is 12.6. The molecule has 0 amide bonds. The summed E-state index contributed by atoms with van der Waals surface area (Å²) in [4.78, 5) is 17.3. The second-order valence-electron chi connectivity index (χ2n) is 17.8. The minimum absolute atomic E-state index is 0. The second kappa shape index (κ2) is 17.9. The van der Waals surface area contributed by atoms with Crippen molar-refractivity contribution >= 4 is 38.6 Å². The molecule has 5 nitrogen and oxygen atoms in total. The van der Waals surface area contributed by atoms with Gasteiger partial charge in [0.1, 0.15) is 28.4 Å². The van der Waals surface area contributed by atoms with Crippen molar-refractivity contribution in [1.82, 2.24) is 4.98 Å². The largest absolute Gasteiger partial charge is 0.512 e. The maximum absolute atomic E-state index is 12.2. The maximum atomic E-state index is 12.2. The molecule has 6 rings (SSSR count). The molecule has 3 heterocycles. The minimum Gasteiger partial charge on any atom is -0.512 e. The first-order chi connectivity index (χ1) is 26.3. The first kappa shape index (κ1) is 45.7. The topological polar surface area (TPSA) is 76.5 Å². The summed E-state index contributed by atoms with van der Waals surface area (Å²) in [5.41, 5.74) is 9.68. The Bertz CT molecular complexity index is 2390. The smallest absolute Gasteiger partial charge is 0.164 e. The van der Waals surface area contributed by atoms with E-state index in [4.69, 9.17) is 13.8 Å². The molecule has 0 saturated carbocycles. The maximum Gasteiger partial charge on any atom is 0.164 e. The van der Waals surface area contributed by atoms with E-state index in [0.717, 1.165) is 99.0 Å². The molecule has 0 unspecified atom stereocenters. The third kappa shape index (κ3) is 9.34. The van der Waals surface area contributed by atoms with E-state index in [1.54, 1.807) is 0 Å². The number of aliphatic hydroxyl groups is 1. The molecule has 1 N–H and O–H groups in total. The van der Waals surface area contributed by atoms with E-state index in [1.165, 1.54) is 22.6 Å². The molecular weight excluding hydrogens is 883 g/mol. The first-order valence-corrected chi connectivity index (χ1v) is 20.6. The van der Waals surface area contributed by atoms with Gasteiger partial charge in [0, 0.05) is 65.6 Å². The Labute approximate surface area is 355 Å². The van der Waals surface area contributed by atoms with Crippen LogP contribution in [0, 0.1) is 43.6 Å². The van der Waals surface area contributed by atoms with Crippen LogP contribution in [0.4, 0.5) is 0 Å². The number of aromatic nitrogens is 1. The van der Waals surface area contributed by atoms with Crippen LogP contribution >= 0.6 is 0 Å². The van der Waals surface area contributed by atoms with Crippen LogP contribution in [0.25, 0.3) is 55.2 Å². The fraction of sp³-hybridized carbons (Fsp3) is 0.451. The fourth-order valence-electron chi connectivity index (χ4n) is 7.32. The molecule has 6 heteroatoms.